The lowest BCUT2D eigenvalue weighted by molar-refractivity contribution is 0.0601. The number of hydrogen-bond acceptors (Lipinski definition) is 4. The van der Waals surface area contributed by atoms with Crippen LogP contribution in [0.1, 0.15) is 51.6 Å². The maximum Gasteiger partial charge on any atom is 0.337 e. The maximum atomic E-state index is 12.8. The number of amides is 1. The Hall–Kier alpha value is -2.73. The summed E-state index contributed by atoms with van der Waals surface area (Å²) in [4.78, 5) is 29.7. The topological polar surface area (TPSA) is 60.7 Å². The molecule has 0 saturated heterocycles. The molecule has 1 aliphatic rings. The molecule has 0 radical (unpaired) electrons. The van der Waals surface area contributed by atoms with E-state index in [9.17, 15) is 9.59 Å². The van der Waals surface area contributed by atoms with Crippen molar-refractivity contribution in [2.75, 3.05) is 7.11 Å². The highest BCUT2D eigenvalue weighted by Gasteiger charge is 2.14. The molecule has 0 N–H and O–H groups in total. The number of carbonyl (C=O) groups is 2. The van der Waals surface area contributed by atoms with Crippen molar-refractivity contribution >= 4 is 33.4 Å². The fourth-order valence-electron chi connectivity index (χ4n) is 3.73. The minimum atomic E-state index is -0.373. The smallest absolute Gasteiger partial charge is 0.337 e. The monoisotopic (exact) mass is 394 g/mol. The fraction of sp³-hybridized carbons (Fsp3) is 0.318. The van der Waals surface area contributed by atoms with Gasteiger partial charge >= 0.3 is 5.97 Å². The highest BCUT2D eigenvalue weighted by atomic mass is 32.1. The van der Waals surface area contributed by atoms with Crippen LogP contribution in [0.5, 0.6) is 0 Å². The molecular formula is C22H22N2O3S. The van der Waals surface area contributed by atoms with Crippen molar-refractivity contribution in [2.45, 2.75) is 39.2 Å². The van der Waals surface area contributed by atoms with Gasteiger partial charge in [-0.15, -0.1) is 0 Å². The van der Waals surface area contributed by atoms with Gasteiger partial charge in [0.15, 0.2) is 4.80 Å². The van der Waals surface area contributed by atoms with Crippen molar-refractivity contribution in [1.82, 2.24) is 4.57 Å². The van der Waals surface area contributed by atoms with Gasteiger partial charge in [0.2, 0.25) is 0 Å². The summed E-state index contributed by atoms with van der Waals surface area (Å²) in [6.07, 6.45) is 4.52. The van der Waals surface area contributed by atoms with Crippen LogP contribution in [0.25, 0.3) is 10.2 Å². The number of hydrogen-bond donors (Lipinski definition) is 0. The number of carbonyl (C=O) groups excluding carboxylic acids is 2. The minimum absolute atomic E-state index is 0.227. The molecule has 0 saturated carbocycles. The molecule has 6 heteroatoms. The minimum Gasteiger partial charge on any atom is -0.465 e. The second kappa shape index (κ2) is 7.72. The fourth-order valence-corrected chi connectivity index (χ4v) is 4.86. The Bertz CT molecular complexity index is 1140. The third-order valence-corrected chi connectivity index (χ3v) is 6.25. The number of rotatable bonds is 3. The van der Waals surface area contributed by atoms with E-state index < -0.39 is 0 Å². The van der Waals surface area contributed by atoms with Gasteiger partial charge in [-0.2, -0.15) is 4.99 Å². The molecule has 28 heavy (non-hydrogen) atoms. The van der Waals surface area contributed by atoms with Gasteiger partial charge in [0.25, 0.3) is 5.91 Å². The maximum absolute atomic E-state index is 12.8. The summed E-state index contributed by atoms with van der Waals surface area (Å²) in [6, 6.07) is 11.4. The van der Waals surface area contributed by atoms with Crippen LogP contribution < -0.4 is 4.80 Å². The first-order chi connectivity index (χ1) is 13.6. The van der Waals surface area contributed by atoms with Crippen molar-refractivity contribution in [3.63, 3.8) is 0 Å². The van der Waals surface area contributed by atoms with E-state index in [0.29, 0.717) is 22.5 Å². The van der Waals surface area contributed by atoms with E-state index in [1.807, 2.05) is 29.7 Å². The van der Waals surface area contributed by atoms with Gasteiger partial charge in [-0.1, -0.05) is 17.4 Å². The molecule has 0 spiro atoms. The van der Waals surface area contributed by atoms with Gasteiger partial charge in [-0.3, -0.25) is 4.79 Å². The summed E-state index contributed by atoms with van der Waals surface area (Å²) in [5.74, 6) is -0.600. The number of aryl methyl sites for hydroxylation is 3. The van der Waals surface area contributed by atoms with Crippen LogP contribution in [0.4, 0.5) is 0 Å². The number of benzene rings is 2. The second-order valence-electron chi connectivity index (χ2n) is 6.91. The lowest BCUT2D eigenvalue weighted by Gasteiger charge is -2.15. The predicted octanol–water partition coefficient (Wildman–Crippen LogP) is 4.13. The highest BCUT2D eigenvalue weighted by molar-refractivity contribution is 7.16. The Balaban J connectivity index is 1.75. The van der Waals surface area contributed by atoms with E-state index in [1.54, 1.807) is 12.1 Å². The standard InChI is InChI=1S/C22H22N2O3S/c1-3-24-18-11-10-17(21(26)27-2)13-19(18)28-22(24)23-20(25)16-9-8-14-6-4-5-7-15(14)12-16/h8-13H,3-7H2,1-2H3. The number of esters is 1. The molecule has 0 atom stereocenters. The summed E-state index contributed by atoms with van der Waals surface area (Å²) in [5.41, 5.74) is 4.71. The number of fused-ring (bicyclic) bond motifs is 2. The van der Waals surface area contributed by atoms with Crippen molar-refractivity contribution in [1.29, 1.82) is 0 Å². The molecule has 1 aliphatic carbocycles. The largest absolute Gasteiger partial charge is 0.465 e. The Kier molecular flexibility index (Phi) is 5.13. The Morgan fingerprint density at radius 1 is 1.07 bits per heavy atom. The van der Waals surface area contributed by atoms with E-state index in [-0.39, 0.29) is 11.9 Å². The summed E-state index contributed by atoms with van der Waals surface area (Å²) < 4.78 is 7.70. The average Bonchev–Trinajstić information content (AvgIpc) is 3.08. The molecule has 1 heterocycles. The molecule has 144 valence electrons. The third kappa shape index (κ3) is 3.40. The summed E-state index contributed by atoms with van der Waals surface area (Å²) in [6.45, 7) is 2.71. The van der Waals surface area contributed by atoms with Gasteiger partial charge in [0, 0.05) is 12.1 Å². The van der Waals surface area contributed by atoms with Crippen LogP contribution in [-0.4, -0.2) is 23.6 Å². The van der Waals surface area contributed by atoms with Crippen LogP contribution in [0.3, 0.4) is 0 Å². The number of nitrogens with zero attached hydrogens (tertiary/aromatic N) is 2. The Morgan fingerprint density at radius 3 is 2.57 bits per heavy atom. The normalized spacial score (nSPS) is 14.1. The van der Waals surface area contributed by atoms with Crippen molar-refractivity contribution in [3.05, 3.63) is 63.5 Å². The first-order valence-corrected chi connectivity index (χ1v) is 10.3. The Labute approximate surface area is 167 Å². The van der Waals surface area contributed by atoms with Crippen LogP contribution in [0.2, 0.25) is 0 Å². The molecule has 3 aromatic rings. The number of thiazole rings is 1. The van der Waals surface area contributed by atoms with Crippen molar-refractivity contribution in [3.8, 4) is 0 Å². The first kappa shape index (κ1) is 18.6. The summed E-state index contributed by atoms with van der Waals surface area (Å²) >= 11 is 1.41. The Morgan fingerprint density at radius 2 is 1.82 bits per heavy atom. The lowest BCUT2D eigenvalue weighted by Crippen LogP contribution is -2.16. The highest BCUT2D eigenvalue weighted by Crippen LogP contribution is 2.23. The molecule has 5 nitrogen and oxygen atoms in total. The lowest BCUT2D eigenvalue weighted by atomic mass is 9.90. The first-order valence-electron chi connectivity index (χ1n) is 9.53. The van der Waals surface area contributed by atoms with Crippen LogP contribution >= 0.6 is 11.3 Å². The van der Waals surface area contributed by atoms with E-state index in [2.05, 4.69) is 11.1 Å². The number of ether oxygens (including phenoxy) is 1. The molecule has 2 aromatic carbocycles. The van der Waals surface area contributed by atoms with Crippen molar-refractivity contribution in [2.24, 2.45) is 4.99 Å². The van der Waals surface area contributed by atoms with Crippen LogP contribution in [0, 0.1) is 0 Å². The van der Waals surface area contributed by atoms with E-state index in [4.69, 9.17) is 4.74 Å². The number of methoxy groups -OCH3 is 1. The zero-order valence-corrected chi connectivity index (χ0v) is 16.8. The summed E-state index contributed by atoms with van der Waals surface area (Å²) in [7, 11) is 1.37. The van der Waals surface area contributed by atoms with Gasteiger partial charge in [0.05, 0.1) is 22.9 Å². The molecule has 1 aromatic heterocycles. The molecule has 0 bridgehead atoms. The van der Waals surface area contributed by atoms with Gasteiger partial charge in [-0.25, -0.2) is 4.79 Å². The van der Waals surface area contributed by atoms with Crippen LogP contribution in [-0.2, 0) is 24.1 Å². The van der Waals surface area contributed by atoms with Crippen LogP contribution in [0.15, 0.2) is 41.4 Å². The molecular weight excluding hydrogens is 372 g/mol. The quantitative estimate of drug-likeness (QED) is 0.628. The second-order valence-corrected chi connectivity index (χ2v) is 7.92. The number of aromatic nitrogens is 1. The SMILES string of the molecule is CCn1c(=NC(=O)c2ccc3c(c2)CCCC3)sc2cc(C(=O)OC)ccc21. The van der Waals surface area contributed by atoms with Gasteiger partial charge in [0.1, 0.15) is 0 Å². The predicted molar refractivity (Wildman–Crippen MR) is 110 cm³/mol. The molecule has 4 rings (SSSR count). The zero-order valence-electron chi connectivity index (χ0n) is 16.0. The zero-order chi connectivity index (χ0) is 19.7. The molecule has 0 aliphatic heterocycles. The van der Waals surface area contributed by atoms with Gasteiger partial charge in [-0.05, 0) is 74.1 Å². The van der Waals surface area contributed by atoms with E-state index in [0.717, 1.165) is 23.1 Å². The average molecular weight is 394 g/mol. The van der Waals surface area contributed by atoms with E-state index in [1.165, 1.54) is 42.4 Å². The molecule has 0 fully saturated rings. The third-order valence-electron chi connectivity index (χ3n) is 5.21. The van der Waals surface area contributed by atoms with Crippen molar-refractivity contribution < 1.29 is 14.3 Å². The van der Waals surface area contributed by atoms with Gasteiger partial charge < -0.3 is 9.30 Å². The summed E-state index contributed by atoms with van der Waals surface area (Å²) in [5, 5.41) is 0. The molecule has 0 unspecified atom stereocenters. The van der Waals surface area contributed by atoms with E-state index >= 15 is 0 Å². The molecule has 1 amide bonds.